The quantitative estimate of drug-likeness (QED) is 0.679. The smallest absolute Gasteiger partial charge is 0.251 e. The number of methoxy groups -OCH3 is 1. The van der Waals surface area contributed by atoms with Crippen LogP contribution >= 0.6 is 11.6 Å². The topological polar surface area (TPSA) is 87.7 Å². The number of hydrogen-bond acceptors (Lipinski definition) is 4. The van der Waals surface area contributed by atoms with Gasteiger partial charge in [-0.3, -0.25) is 14.4 Å². The Labute approximate surface area is 174 Å². The maximum Gasteiger partial charge on any atom is 0.251 e. The van der Waals surface area contributed by atoms with Crippen molar-refractivity contribution in [2.75, 3.05) is 31.6 Å². The van der Waals surface area contributed by atoms with Crippen LogP contribution in [0.15, 0.2) is 48.5 Å². The van der Waals surface area contributed by atoms with E-state index in [1.807, 2.05) is 6.07 Å². The molecule has 2 aromatic rings. The molecule has 0 aromatic heterocycles. The Morgan fingerprint density at radius 2 is 1.86 bits per heavy atom. The van der Waals surface area contributed by atoms with Gasteiger partial charge in [0.25, 0.3) is 5.91 Å². The number of rotatable bonds is 7. The van der Waals surface area contributed by atoms with E-state index in [1.165, 1.54) is 0 Å². The van der Waals surface area contributed by atoms with E-state index in [-0.39, 0.29) is 37.2 Å². The number of benzene rings is 2. The minimum Gasteiger partial charge on any atom is -0.497 e. The fourth-order valence-electron chi connectivity index (χ4n) is 3.12. The minimum atomic E-state index is -0.430. The molecule has 1 fully saturated rings. The molecule has 1 aliphatic rings. The first kappa shape index (κ1) is 20.7. The van der Waals surface area contributed by atoms with Gasteiger partial charge < -0.3 is 20.3 Å². The van der Waals surface area contributed by atoms with Crippen molar-refractivity contribution >= 4 is 35.0 Å². The van der Waals surface area contributed by atoms with E-state index in [0.29, 0.717) is 28.6 Å². The third-order valence-corrected chi connectivity index (χ3v) is 4.93. The molecule has 3 amide bonds. The Hall–Kier alpha value is -3.06. The van der Waals surface area contributed by atoms with Gasteiger partial charge in [-0.15, -0.1) is 0 Å². The molecule has 0 saturated carbocycles. The number of anilines is 1. The fourth-order valence-corrected chi connectivity index (χ4v) is 3.25. The lowest BCUT2D eigenvalue weighted by Gasteiger charge is -2.17. The molecule has 2 aromatic carbocycles. The summed E-state index contributed by atoms with van der Waals surface area (Å²) in [6, 6.07) is 13.7. The number of carbonyl (C=O) groups excluding carboxylic acids is 3. The molecule has 3 rings (SSSR count). The van der Waals surface area contributed by atoms with Crippen molar-refractivity contribution in [3.8, 4) is 5.75 Å². The third-order valence-electron chi connectivity index (χ3n) is 4.68. The van der Waals surface area contributed by atoms with E-state index in [2.05, 4.69) is 10.6 Å². The van der Waals surface area contributed by atoms with Gasteiger partial charge in [0.2, 0.25) is 11.8 Å². The highest BCUT2D eigenvalue weighted by Gasteiger charge is 2.35. The molecule has 8 heteroatoms. The van der Waals surface area contributed by atoms with Crippen LogP contribution in [0.3, 0.4) is 0 Å². The van der Waals surface area contributed by atoms with Crippen molar-refractivity contribution in [2.45, 2.75) is 6.42 Å². The van der Waals surface area contributed by atoms with Crippen LogP contribution in [0.4, 0.5) is 5.69 Å². The summed E-state index contributed by atoms with van der Waals surface area (Å²) in [4.78, 5) is 38.3. The van der Waals surface area contributed by atoms with E-state index >= 15 is 0 Å². The van der Waals surface area contributed by atoms with Crippen LogP contribution in [0.5, 0.6) is 5.75 Å². The van der Waals surface area contributed by atoms with Crippen molar-refractivity contribution < 1.29 is 19.1 Å². The number of amides is 3. The van der Waals surface area contributed by atoms with Crippen LogP contribution in [0.1, 0.15) is 16.8 Å². The van der Waals surface area contributed by atoms with Gasteiger partial charge in [-0.25, -0.2) is 0 Å². The zero-order chi connectivity index (χ0) is 20.8. The van der Waals surface area contributed by atoms with Crippen molar-refractivity contribution in [2.24, 2.45) is 5.92 Å². The first-order valence-electron chi connectivity index (χ1n) is 9.24. The summed E-state index contributed by atoms with van der Waals surface area (Å²) < 4.78 is 5.19. The van der Waals surface area contributed by atoms with Gasteiger partial charge in [-0.05, 0) is 36.4 Å². The zero-order valence-corrected chi connectivity index (χ0v) is 16.7. The summed E-state index contributed by atoms with van der Waals surface area (Å²) in [5, 5.41) is 6.07. The first-order valence-corrected chi connectivity index (χ1v) is 9.61. The standard InChI is InChI=1S/C21H22ClN3O4/c1-29-18-4-2-3-17(12-18)25-13-15(11-19(25)26)21(28)24-10-9-23-20(27)14-5-7-16(22)8-6-14/h2-8,12,15H,9-11,13H2,1H3,(H,23,27)(H,24,28)/t15-/m0/s1. The summed E-state index contributed by atoms with van der Waals surface area (Å²) >= 11 is 5.80. The molecule has 2 N–H and O–H groups in total. The Balaban J connectivity index is 1.45. The van der Waals surface area contributed by atoms with Gasteiger partial charge in [0.15, 0.2) is 0 Å². The van der Waals surface area contributed by atoms with Gasteiger partial charge in [0.05, 0.1) is 13.0 Å². The van der Waals surface area contributed by atoms with Crippen molar-refractivity contribution in [1.29, 1.82) is 0 Å². The summed E-state index contributed by atoms with van der Waals surface area (Å²) in [7, 11) is 1.56. The van der Waals surface area contributed by atoms with Crippen LogP contribution in [0.2, 0.25) is 5.02 Å². The van der Waals surface area contributed by atoms with Crippen LogP contribution in [0.25, 0.3) is 0 Å². The Kier molecular flexibility index (Phi) is 6.72. The molecule has 0 aliphatic carbocycles. The third kappa shape index (κ3) is 5.26. The predicted octanol–water partition coefficient (Wildman–Crippen LogP) is 2.25. The average Bonchev–Trinajstić information content (AvgIpc) is 3.13. The number of nitrogens with zero attached hydrogens (tertiary/aromatic N) is 1. The van der Waals surface area contributed by atoms with Gasteiger partial charge in [0.1, 0.15) is 5.75 Å². The maximum absolute atomic E-state index is 12.4. The molecular weight excluding hydrogens is 394 g/mol. The average molecular weight is 416 g/mol. The summed E-state index contributed by atoms with van der Waals surface area (Å²) in [6.07, 6.45) is 0.153. The van der Waals surface area contributed by atoms with Gasteiger partial charge >= 0.3 is 0 Å². The van der Waals surface area contributed by atoms with Crippen molar-refractivity contribution in [3.63, 3.8) is 0 Å². The Morgan fingerprint density at radius 1 is 1.14 bits per heavy atom. The minimum absolute atomic E-state index is 0.102. The SMILES string of the molecule is COc1cccc(N2C[C@@H](C(=O)NCCNC(=O)c3ccc(Cl)cc3)CC2=O)c1. The highest BCUT2D eigenvalue weighted by molar-refractivity contribution is 6.30. The molecule has 1 saturated heterocycles. The lowest BCUT2D eigenvalue weighted by molar-refractivity contribution is -0.126. The number of nitrogens with one attached hydrogen (secondary N) is 2. The molecular formula is C21H22ClN3O4. The number of hydrogen-bond donors (Lipinski definition) is 2. The second kappa shape index (κ2) is 9.43. The second-order valence-electron chi connectivity index (χ2n) is 6.66. The second-order valence-corrected chi connectivity index (χ2v) is 7.10. The van der Waals surface area contributed by atoms with Gasteiger partial charge in [-0.2, -0.15) is 0 Å². The molecule has 0 bridgehead atoms. The fraction of sp³-hybridized carbons (Fsp3) is 0.286. The molecule has 0 radical (unpaired) electrons. The number of carbonyl (C=O) groups is 3. The van der Waals surface area contributed by atoms with E-state index in [9.17, 15) is 14.4 Å². The normalized spacial score (nSPS) is 15.9. The van der Waals surface area contributed by atoms with Crippen molar-refractivity contribution in [1.82, 2.24) is 10.6 Å². The van der Waals surface area contributed by atoms with Crippen LogP contribution in [0, 0.1) is 5.92 Å². The maximum atomic E-state index is 12.4. The highest BCUT2D eigenvalue weighted by Crippen LogP contribution is 2.27. The van der Waals surface area contributed by atoms with E-state index < -0.39 is 5.92 Å². The van der Waals surface area contributed by atoms with Crippen LogP contribution in [-0.4, -0.2) is 44.5 Å². The number of ether oxygens (including phenoxy) is 1. The first-order chi connectivity index (χ1) is 14.0. The molecule has 0 spiro atoms. The monoisotopic (exact) mass is 415 g/mol. The van der Waals surface area contributed by atoms with E-state index in [0.717, 1.165) is 0 Å². The molecule has 7 nitrogen and oxygen atoms in total. The summed E-state index contributed by atoms with van der Waals surface area (Å²) in [5.41, 5.74) is 1.20. The highest BCUT2D eigenvalue weighted by atomic mass is 35.5. The van der Waals surface area contributed by atoms with Crippen LogP contribution in [-0.2, 0) is 9.59 Å². The molecule has 1 aliphatic heterocycles. The van der Waals surface area contributed by atoms with Gasteiger partial charge in [-0.1, -0.05) is 17.7 Å². The molecule has 152 valence electrons. The molecule has 1 atom stereocenters. The lowest BCUT2D eigenvalue weighted by atomic mass is 10.1. The van der Waals surface area contributed by atoms with Crippen LogP contribution < -0.4 is 20.3 Å². The zero-order valence-electron chi connectivity index (χ0n) is 16.0. The number of halogens is 1. The molecule has 1 heterocycles. The van der Waals surface area contributed by atoms with Crippen molar-refractivity contribution in [3.05, 3.63) is 59.1 Å². The van der Waals surface area contributed by atoms with E-state index in [4.69, 9.17) is 16.3 Å². The lowest BCUT2D eigenvalue weighted by Crippen LogP contribution is -2.38. The molecule has 0 unspecified atom stereocenters. The summed E-state index contributed by atoms with van der Waals surface area (Å²) in [5.74, 6) is -0.324. The summed E-state index contributed by atoms with van der Waals surface area (Å²) in [6.45, 7) is 0.879. The Morgan fingerprint density at radius 3 is 2.59 bits per heavy atom. The Bertz CT molecular complexity index is 901. The largest absolute Gasteiger partial charge is 0.497 e. The predicted molar refractivity (Wildman–Crippen MR) is 110 cm³/mol. The van der Waals surface area contributed by atoms with E-state index in [1.54, 1.807) is 54.5 Å². The molecule has 29 heavy (non-hydrogen) atoms. The van der Waals surface area contributed by atoms with Gasteiger partial charge in [0, 0.05) is 48.4 Å².